The maximum Gasteiger partial charge on any atom is -0.0190 e. The molecule has 0 aliphatic rings. The smallest absolute Gasteiger partial charge is 0.0190 e. The Morgan fingerprint density at radius 3 is 1.71 bits per heavy atom. The van der Waals surface area contributed by atoms with Gasteiger partial charge in [-0.3, -0.25) is 0 Å². The van der Waals surface area contributed by atoms with E-state index in [1.54, 1.807) is 5.92 Å². The fourth-order valence-corrected chi connectivity index (χ4v) is 2.18. The number of rotatable bonds is 8. The lowest BCUT2D eigenvalue weighted by Gasteiger charge is -2.24. The fraction of sp³-hybridized carbons (Fsp3) is 0.929. The Kier molecular flexibility index (Phi) is 8.32. The molecule has 0 aromatic rings. The topological polar surface area (TPSA) is 0 Å². The minimum absolute atomic E-state index is 0.779. The standard InChI is InChI=1S/C14H29/c1-6-7-8-9-10-11-14(12(2)3)13(4)5/h12-13H,6-11H2,1-5H3. The van der Waals surface area contributed by atoms with Gasteiger partial charge in [0.15, 0.2) is 0 Å². The molecule has 0 saturated heterocycles. The second-order valence-corrected chi connectivity index (χ2v) is 5.05. The van der Waals surface area contributed by atoms with Gasteiger partial charge in [-0.15, -0.1) is 0 Å². The van der Waals surface area contributed by atoms with Crippen molar-refractivity contribution in [2.45, 2.75) is 73.1 Å². The molecule has 0 amide bonds. The first-order chi connectivity index (χ1) is 6.59. The van der Waals surface area contributed by atoms with Crippen molar-refractivity contribution in [2.24, 2.45) is 11.8 Å². The summed E-state index contributed by atoms with van der Waals surface area (Å²) in [5.41, 5.74) is 0. The zero-order valence-corrected chi connectivity index (χ0v) is 10.9. The van der Waals surface area contributed by atoms with Gasteiger partial charge in [0.1, 0.15) is 0 Å². The van der Waals surface area contributed by atoms with Crippen molar-refractivity contribution in [3.05, 3.63) is 5.92 Å². The van der Waals surface area contributed by atoms with E-state index in [1.165, 1.54) is 38.5 Å². The summed E-state index contributed by atoms with van der Waals surface area (Å²) in [6.45, 7) is 11.6. The highest BCUT2D eigenvalue weighted by Crippen LogP contribution is 2.28. The minimum Gasteiger partial charge on any atom is -0.0654 e. The van der Waals surface area contributed by atoms with Gasteiger partial charge in [0.05, 0.1) is 0 Å². The average Bonchev–Trinajstić information content (AvgIpc) is 2.09. The van der Waals surface area contributed by atoms with Gasteiger partial charge in [0.2, 0.25) is 0 Å². The second kappa shape index (κ2) is 8.32. The average molecular weight is 197 g/mol. The normalized spacial score (nSPS) is 12.0. The Balaban J connectivity index is 3.52. The summed E-state index contributed by atoms with van der Waals surface area (Å²) in [4.78, 5) is 0. The van der Waals surface area contributed by atoms with E-state index >= 15 is 0 Å². The first kappa shape index (κ1) is 14.0. The van der Waals surface area contributed by atoms with Crippen LogP contribution in [0.5, 0.6) is 0 Å². The Hall–Kier alpha value is 0. The largest absolute Gasteiger partial charge is 0.0654 e. The van der Waals surface area contributed by atoms with E-state index in [4.69, 9.17) is 0 Å². The van der Waals surface area contributed by atoms with Crippen molar-refractivity contribution >= 4 is 0 Å². The summed E-state index contributed by atoms with van der Waals surface area (Å²) in [5, 5.41) is 0. The maximum atomic E-state index is 2.33. The maximum absolute atomic E-state index is 2.33. The van der Waals surface area contributed by atoms with Crippen molar-refractivity contribution in [3.8, 4) is 0 Å². The molecular weight excluding hydrogens is 168 g/mol. The van der Waals surface area contributed by atoms with Gasteiger partial charge in [-0.1, -0.05) is 66.7 Å². The Morgan fingerprint density at radius 2 is 1.29 bits per heavy atom. The van der Waals surface area contributed by atoms with Crippen LogP contribution in [0, 0.1) is 17.8 Å². The molecular formula is C14H29. The molecule has 0 heterocycles. The predicted octanol–water partition coefficient (Wildman–Crippen LogP) is 5.23. The van der Waals surface area contributed by atoms with Crippen molar-refractivity contribution in [2.75, 3.05) is 0 Å². The Bertz CT molecular complexity index is 105. The Labute approximate surface area is 91.5 Å². The van der Waals surface area contributed by atoms with Gasteiger partial charge in [-0.2, -0.15) is 0 Å². The first-order valence-electron chi connectivity index (χ1n) is 6.45. The lowest BCUT2D eigenvalue weighted by Crippen LogP contribution is -2.12. The van der Waals surface area contributed by atoms with Crippen LogP contribution < -0.4 is 0 Å². The third-order valence-corrected chi connectivity index (χ3v) is 3.05. The molecule has 0 aliphatic carbocycles. The second-order valence-electron chi connectivity index (χ2n) is 5.05. The molecule has 0 heteroatoms. The lowest BCUT2D eigenvalue weighted by atomic mass is 9.82. The van der Waals surface area contributed by atoms with Gasteiger partial charge in [0, 0.05) is 0 Å². The monoisotopic (exact) mass is 197 g/mol. The van der Waals surface area contributed by atoms with E-state index in [2.05, 4.69) is 34.6 Å². The van der Waals surface area contributed by atoms with Crippen molar-refractivity contribution in [3.63, 3.8) is 0 Å². The summed E-state index contributed by atoms with van der Waals surface area (Å²) in [6, 6.07) is 0. The predicted molar refractivity (Wildman–Crippen MR) is 66.3 cm³/mol. The molecule has 0 aliphatic heterocycles. The molecule has 0 N–H and O–H groups in total. The molecule has 0 rings (SSSR count). The lowest BCUT2D eigenvalue weighted by molar-refractivity contribution is 0.456. The van der Waals surface area contributed by atoms with Crippen LogP contribution in [0.2, 0.25) is 0 Å². The van der Waals surface area contributed by atoms with Crippen LogP contribution in [0.3, 0.4) is 0 Å². The van der Waals surface area contributed by atoms with Crippen LogP contribution in [0.1, 0.15) is 73.1 Å². The van der Waals surface area contributed by atoms with Gasteiger partial charge in [0.25, 0.3) is 0 Å². The van der Waals surface area contributed by atoms with E-state index in [0.29, 0.717) is 0 Å². The third kappa shape index (κ3) is 6.45. The molecule has 0 atom stereocenters. The summed E-state index contributed by atoms with van der Waals surface area (Å²) >= 11 is 0. The Morgan fingerprint density at radius 1 is 0.786 bits per heavy atom. The third-order valence-electron chi connectivity index (χ3n) is 3.05. The molecule has 0 aromatic carbocycles. The molecule has 1 radical (unpaired) electrons. The number of hydrogen-bond acceptors (Lipinski definition) is 0. The van der Waals surface area contributed by atoms with E-state index in [9.17, 15) is 0 Å². The van der Waals surface area contributed by atoms with Gasteiger partial charge in [-0.25, -0.2) is 0 Å². The summed E-state index contributed by atoms with van der Waals surface area (Å²) in [5.74, 6) is 3.32. The van der Waals surface area contributed by atoms with Crippen LogP contribution in [0.15, 0.2) is 0 Å². The highest BCUT2D eigenvalue weighted by Gasteiger charge is 2.16. The van der Waals surface area contributed by atoms with E-state index in [-0.39, 0.29) is 0 Å². The molecule has 0 fully saturated rings. The van der Waals surface area contributed by atoms with E-state index < -0.39 is 0 Å². The van der Waals surface area contributed by atoms with E-state index in [0.717, 1.165) is 11.8 Å². The van der Waals surface area contributed by atoms with Gasteiger partial charge in [-0.05, 0) is 24.2 Å². The molecule has 0 aromatic heterocycles. The van der Waals surface area contributed by atoms with E-state index in [1.807, 2.05) is 0 Å². The zero-order valence-electron chi connectivity index (χ0n) is 10.9. The van der Waals surface area contributed by atoms with Crippen LogP contribution in [0.25, 0.3) is 0 Å². The highest BCUT2D eigenvalue weighted by molar-refractivity contribution is 4.95. The molecule has 0 spiro atoms. The van der Waals surface area contributed by atoms with Crippen LogP contribution in [-0.2, 0) is 0 Å². The van der Waals surface area contributed by atoms with Crippen LogP contribution in [0.4, 0.5) is 0 Å². The SMILES string of the molecule is CCCCCCC[C](C(C)C)C(C)C. The highest BCUT2D eigenvalue weighted by atomic mass is 14.2. The molecule has 0 nitrogen and oxygen atoms in total. The number of unbranched alkanes of at least 4 members (excludes halogenated alkanes) is 4. The molecule has 14 heavy (non-hydrogen) atoms. The van der Waals surface area contributed by atoms with Crippen molar-refractivity contribution < 1.29 is 0 Å². The van der Waals surface area contributed by atoms with Crippen LogP contribution >= 0.6 is 0 Å². The molecule has 85 valence electrons. The van der Waals surface area contributed by atoms with Crippen LogP contribution in [-0.4, -0.2) is 0 Å². The molecule has 0 unspecified atom stereocenters. The quantitative estimate of drug-likeness (QED) is 0.467. The zero-order chi connectivity index (χ0) is 11.0. The van der Waals surface area contributed by atoms with Crippen molar-refractivity contribution in [1.29, 1.82) is 0 Å². The van der Waals surface area contributed by atoms with Gasteiger partial charge < -0.3 is 0 Å². The fourth-order valence-electron chi connectivity index (χ4n) is 2.18. The summed E-state index contributed by atoms with van der Waals surface area (Å²) in [6.07, 6.45) is 8.39. The first-order valence-corrected chi connectivity index (χ1v) is 6.45. The van der Waals surface area contributed by atoms with Gasteiger partial charge >= 0.3 is 0 Å². The molecule has 0 bridgehead atoms. The summed E-state index contributed by atoms with van der Waals surface area (Å²) < 4.78 is 0. The molecule has 0 saturated carbocycles. The van der Waals surface area contributed by atoms with Crippen molar-refractivity contribution in [1.82, 2.24) is 0 Å². The number of hydrogen-bond donors (Lipinski definition) is 0. The minimum atomic E-state index is 0.779. The summed E-state index contributed by atoms with van der Waals surface area (Å²) in [7, 11) is 0.